The Kier molecular flexibility index (Phi) is 5.94. The number of piperidine rings is 1. The maximum Gasteiger partial charge on any atom is 0.216 e. The van der Waals surface area contributed by atoms with Crippen molar-refractivity contribution in [2.75, 3.05) is 13.1 Å². The second-order valence-electron chi connectivity index (χ2n) is 6.26. The van der Waals surface area contributed by atoms with Gasteiger partial charge in [0.2, 0.25) is 10.0 Å². The smallest absolute Gasteiger partial charge is 0.216 e. The summed E-state index contributed by atoms with van der Waals surface area (Å²) < 4.78 is 26.3. The third-order valence-electron chi connectivity index (χ3n) is 4.47. The highest BCUT2D eigenvalue weighted by atomic mass is 32.2. The Hall–Kier alpha value is -0.980. The van der Waals surface area contributed by atoms with E-state index in [-0.39, 0.29) is 5.25 Å². The Bertz CT molecular complexity index is 560. The molecule has 1 N–H and O–H groups in total. The molecule has 1 aliphatic heterocycles. The van der Waals surface area contributed by atoms with Crippen LogP contribution in [-0.4, -0.2) is 42.1 Å². The van der Waals surface area contributed by atoms with Crippen LogP contribution >= 0.6 is 0 Å². The summed E-state index contributed by atoms with van der Waals surface area (Å²) in [5, 5.41) is 3.24. The summed E-state index contributed by atoms with van der Waals surface area (Å²) in [5.41, 5.74) is 1.16. The molecule has 0 unspecified atom stereocenters. The van der Waals surface area contributed by atoms with Crippen LogP contribution in [0.2, 0.25) is 0 Å². The number of rotatable bonds is 6. The van der Waals surface area contributed by atoms with Crippen LogP contribution in [0.1, 0.15) is 39.2 Å². The fourth-order valence-corrected chi connectivity index (χ4v) is 4.32. The molecular weight excluding hydrogens is 298 g/mol. The van der Waals surface area contributed by atoms with Gasteiger partial charge in [-0.2, -0.15) is 0 Å². The van der Waals surface area contributed by atoms with Crippen LogP contribution < -0.4 is 5.32 Å². The normalized spacial score (nSPS) is 23.8. The zero-order valence-electron chi connectivity index (χ0n) is 13.7. The van der Waals surface area contributed by atoms with Crippen LogP contribution in [0, 0.1) is 5.92 Å². The Morgan fingerprint density at radius 2 is 2.23 bits per heavy atom. The second-order valence-corrected chi connectivity index (χ2v) is 8.75. The van der Waals surface area contributed by atoms with Gasteiger partial charge in [0.15, 0.2) is 0 Å². The lowest BCUT2D eigenvalue weighted by Crippen LogP contribution is -2.51. The van der Waals surface area contributed by atoms with E-state index in [0.717, 1.165) is 24.9 Å². The van der Waals surface area contributed by atoms with Gasteiger partial charge in [-0.1, -0.05) is 19.4 Å². The first kappa shape index (κ1) is 17.4. The molecule has 2 heterocycles. The largest absolute Gasteiger partial charge is 0.309 e. The van der Waals surface area contributed by atoms with Crippen molar-refractivity contribution in [1.29, 1.82) is 0 Å². The average Bonchev–Trinajstić information content (AvgIpc) is 2.53. The molecule has 1 saturated heterocycles. The van der Waals surface area contributed by atoms with E-state index in [1.54, 1.807) is 24.3 Å². The Morgan fingerprint density at radius 1 is 1.45 bits per heavy atom. The number of aromatic nitrogens is 1. The fourth-order valence-electron chi connectivity index (χ4n) is 2.96. The molecule has 0 radical (unpaired) electrons. The number of nitrogens with zero attached hydrogens (tertiary/aromatic N) is 2. The fraction of sp³-hybridized carbons (Fsp3) is 0.688. The molecule has 0 aliphatic carbocycles. The van der Waals surface area contributed by atoms with Crippen LogP contribution in [0.4, 0.5) is 0 Å². The number of hydrogen-bond acceptors (Lipinski definition) is 4. The van der Waals surface area contributed by atoms with Crippen LogP contribution in [0.25, 0.3) is 0 Å². The van der Waals surface area contributed by atoms with E-state index in [1.165, 1.54) is 0 Å². The van der Waals surface area contributed by atoms with Crippen LogP contribution in [0.5, 0.6) is 0 Å². The van der Waals surface area contributed by atoms with Crippen LogP contribution in [-0.2, 0) is 16.6 Å². The molecule has 1 fully saturated rings. The minimum Gasteiger partial charge on any atom is -0.309 e. The van der Waals surface area contributed by atoms with Gasteiger partial charge in [-0.3, -0.25) is 4.98 Å². The van der Waals surface area contributed by atoms with Crippen molar-refractivity contribution in [2.45, 2.75) is 51.4 Å². The van der Waals surface area contributed by atoms with E-state index in [9.17, 15) is 8.42 Å². The highest BCUT2D eigenvalue weighted by Crippen LogP contribution is 2.24. The first-order valence-corrected chi connectivity index (χ1v) is 9.56. The minimum atomic E-state index is -3.14. The topological polar surface area (TPSA) is 62.3 Å². The number of pyridine rings is 1. The van der Waals surface area contributed by atoms with Gasteiger partial charge in [0, 0.05) is 38.1 Å². The summed E-state index contributed by atoms with van der Waals surface area (Å²) in [6.07, 6.45) is 5.49. The predicted molar refractivity (Wildman–Crippen MR) is 88.9 cm³/mol. The molecule has 6 heteroatoms. The lowest BCUT2D eigenvalue weighted by Gasteiger charge is -2.38. The van der Waals surface area contributed by atoms with Crippen molar-refractivity contribution < 1.29 is 8.42 Å². The third kappa shape index (κ3) is 4.06. The first-order chi connectivity index (χ1) is 10.4. The molecule has 0 amide bonds. The van der Waals surface area contributed by atoms with Gasteiger partial charge in [0.1, 0.15) is 0 Å². The molecule has 0 spiro atoms. The van der Waals surface area contributed by atoms with E-state index < -0.39 is 10.0 Å². The Balaban J connectivity index is 1.96. The van der Waals surface area contributed by atoms with Crippen molar-refractivity contribution >= 4 is 10.0 Å². The van der Waals surface area contributed by atoms with E-state index in [2.05, 4.69) is 23.3 Å². The van der Waals surface area contributed by atoms with E-state index in [0.29, 0.717) is 25.0 Å². The summed E-state index contributed by atoms with van der Waals surface area (Å²) in [7, 11) is -3.14. The van der Waals surface area contributed by atoms with Gasteiger partial charge >= 0.3 is 0 Å². The maximum atomic E-state index is 12.3. The number of hydrogen-bond donors (Lipinski definition) is 1. The Morgan fingerprint density at radius 3 is 2.82 bits per heavy atom. The second kappa shape index (κ2) is 7.53. The summed E-state index contributed by atoms with van der Waals surface area (Å²) in [6.45, 7) is 7.66. The molecule has 22 heavy (non-hydrogen) atoms. The summed E-state index contributed by atoms with van der Waals surface area (Å²) in [4.78, 5) is 4.12. The van der Waals surface area contributed by atoms with Crippen molar-refractivity contribution in [1.82, 2.24) is 14.6 Å². The zero-order valence-corrected chi connectivity index (χ0v) is 14.5. The third-order valence-corrected chi connectivity index (χ3v) is 6.71. The van der Waals surface area contributed by atoms with Crippen molar-refractivity contribution in [3.8, 4) is 0 Å². The molecule has 2 rings (SSSR count). The van der Waals surface area contributed by atoms with E-state index >= 15 is 0 Å². The van der Waals surface area contributed by atoms with Crippen molar-refractivity contribution in [3.63, 3.8) is 0 Å². The highest BCUT2D eigenvalue weighted by Gasteiger charge is 2.34. The molecule has 0 bridgehead atoms. The first-order valence-electron chi connectivity index (χ1n) is 8.06. The van der Waals surface area contributed by atoms with Gasteiger partial charge in [0.25, 0.3) is 0 Å². The van der Waals surface area contributed by atoms with Gasteiger partial charge in [-0.05, 0) is 37.8 Å². The SMILES string of the molecule is CC[C@@H]1CN(S(=O)(=O)C(C)C)CC[C@H]1NCc1cccnc1. The van der Waals surface area contributed by atoms with Crippen LogP contribution in [0.3, 0.4) is 0 Å². The van der Waals surface area contributed by atoms with Gasteiger partial charge in [-0.15, -0.1) is 0 Å². The van der Waals surface area contributed by atoms with Crippen LogP contribution in [0.15, 0.2) is 24.5 Å². The molecule has 1 aliphatic rings. The lowest BCUT2D eigenvalue weighted by molar-refractivity contribution is 0.200. The van der Waals surface area contributed by atoms with Crippen molar-refractivity contribution in [2.24, 2.45) is 5.92 Å². The van der Waals surface area contributed by atoms with E-state index in [1.807, 2.05) is 12.3 Å². The van der Waals surface area contributed by atoms with Gasteiger partial charge < -0.3 is 5.32 Å². The average molecular weight is 325 g/mol. The van der Waals surface area contributed by atoms with Crippen molar-refractivity contribution in [3.05, 3.63) is 30.1 Å². The minimum absolute atomic E-state index is 0.343. The molecule has 1 aromatic rings. The summed E-state index contributed by atoms with van der Waals surface area (Å²) >= 11 is 0. The standard InChI is InChI=1S/C16H27N3O2S/c1-4-15-12-19(22(20,21)13(2)3)9-7-16(15)18-11-14-6-5-8-17-10-14/h5-6,8,10,13,15-16,18H,4,7,9,11-12H2,1-3H3/t15-,16-/m1/s1. The lowest BCUT2D eigenvalue weighted by atomic mass is 9.91. The number of nitrogens with one attached hydrogen (secondary N) is 1. The highest BCUT2D eigenvalue weighted by molar-refractivity contribution is 7.89. The molecule has 124 valence electrons. The molecule has 5 nitrogen and oxygen atoms in total. The molecule has 0 aromatic carbocycles. The molecular formula is C16H27N3O2S. The predicted octanol–water partition coefficient (Wildman–Crippen LogP) is 2.01. The monoisotopic (exact) mass is 325 g/mol. The quantitative estimate of drug-likeness (QED) is 0.869. The zero-order chi connectivity index (χ0) is 16.2. The van der Waals surface area contributed by atoms with Gasteiger partial charge in [-0.25, -0.2) is 12.7 Å². The summed E-state index contributed by atoms with van der Waals surface area (Å²) in [5.74, 6) is 0.360. The molecule has 1 aromatic heterocycles. The van der Waals surface area contributed by atoms with Gasteiger partial charge in [0.05, 0.1) is 5.25 Å². The maximum absolute atomic E-state index is 12.3. The summed E-state index contributed by atoms with van der Waals surface area (Å²) in [6, 6.07) is 4.36. The Labute approximate surface area is 134 Å². The number of sulfonamides is 1. The molecule has 2 atom stereocenters. The molecule has 0 saturated carbocycles. The van der Waals surface area contributed by atoms with E-state index in [4.69, 9.17) is 0 Å².